The third-order valence-electron chi connectivity index (χ3n) is 4.67. The molecule has 0 amide bonds. The lowest BCUT2D eigenvalue weighted by Gasteiger charge is -2.27. The lowest BCUT2D eigenvalue weighted by Crippen LogP contribution is -2.33. The lowest BCUT2D eigenvalue weighted by molar-refractivity contribution is 0.0443. The van der Waals surface area contributed by atoms with Crippen LogP contribution < -0.4 is 0 Å². The summed E-state index contributed by atoms with van der Waals surface area (Å²) in [6.45, 7) is -0.839. The number of phosphoric ester groups is 1. The molecule has 1 aliphatic rings. The van der Waals surface area contributed by atoms with Crippen molar-refractivity contribution in [1.29, 1.82) is 0 Å². The number of imidazole rings is 1. The van der Waals surface area contributed by atoms with Gasteiger partial charge in [0.1, 0.15) is 5.52 Å². The Kier molecular flexibility index (Phi) is 7.48. The number of phosphoric acid groups is 3. The van der Waals surface area contributed by atoms with Gasteiger partial charge in [0.05, 0.1) is 24.5 Å². The molecule has 0 aromatic carbocycles. The maximum absolute atomic E-state index is 12.0. The Bertz CT molecular complexity index is 1260. The highest BCUT2D eigenvalue weighted by atomic mass is 35.5. The van der Waals surface area contributed by atoms with Crippen molar-refractivity contribution < 1.29 is 51.5 Å². The highest BCUT2D eigenvalue weighted by Gasteiger charge is 2.49. The van der Waals surface area contributed by atoms with Crippen LogP contribution in [0.1, 0.15) is 18.9 Å². The first-order valence-electron chi connectivity index (χ1n) is 8.56. The molecule has 0 saturated heterocycles. The summed E-state index contributed by atoms with van der Waals surface area (Å²) < 4.78 is 47.7. The number of halogens is 2. The molecule has 3 rings (SSSR count). The van der Waals surface area contributed by atoms with E-state index in [0.29, 0.717) is 0 Å². The molecule has 2 heterocycles. The summed E-state index contributed by atoms with van der Waals surface area (Å²) in [4.78, 5) is 48.0. The van der Waals surface area contributed by atoms with Crippen molar-refractivity contribution in [3.8, 4) is 12.3 Å². The van der Waals surface area contributed by atoms with E-state index in [1.165, 1.54) is 10.9 Å². The minimum Gasteiger partial charge on any atom is -0.391 e. The van der Waals surface area contributed by atoms with Gasteiger partial charge in [0.2, 0.25) is 5.28 Å². The second kappa shape index (κ2) is 9.26. The van der Waals surface area contributed by atoms with E-state index >= 15 is 0 Å². The Balaban J connectivity index is 1.78. The van der Waals surface area contributed by atoms with Crippen molar-refractivity contribution >= 4 is 57.8 Å². The zero-order valence-corrected chi connectivity index (χ0v) is 20.2. The molecule has 1 saturated carbocycles. The lowest BCUT2D eigenvalue weighted by atomic mass is 9.86. The van der Waals surface area contributed by atoms with Gasteiger partial charge in [-0.1, -0.05) is 17.5 Å². The topological polar surface area (TPSA) is 224 Å². The number of nitrogens with zero attached hydrogens (tertiary/aromatic N) is 4. The third kappa shape index (κ3) is 6.20. The normalized spacial score (nSPS) is 27.2. The van der Waals surface area contributed by atoms with Crippen LogP contribution in [0.15, 0.2) is 6.33 Å². The molecule has 2 aromatic heterocycles. The van der Waals surface area contributed by atoms with E-state index in [-0.39, 0.29) is 34.4 Å². The van der Waals surface area contributed by atoms with Crippen LogP contribution in [0.5, 0.6) is 0 Å². The zero-order chi connectivity index (χ0) is 24.8. The molecular formula is C13H15Cl2N4O11P3. The zero-order valence-electron chi connectivity index (χ0n) is 16.0. The van der Waals surface area contributed by atoms with Crippen molar-refractivity contribution in [3.05, 3.63) is 16.8 Å². The van der Waals surface area contributed by atoms with Gasteiger partial charge in [-0.3, -0.25) is 4.52 Å². The highest BCUT2D eigenvalue weighted by Crippen LogP contribution is 2.66. The summed E-state index contributed by atoms with van der Waals surface area (Å²) in [6, 6.07) is -0.549. The largest absolute Gasteiger partial charge is 0.490 e. The van der Waals surface area contributed by atoms with E-state index in [9.17, 15) is 28.6 Å². The first-order chi connectivity index (χ1) is 15.1. The van der Waals surface area contributed by atoms with Crippen LogP contribution >= 0.6 is 46.7 Å². The molecule has 20 heteroatoms. The summed E-state index contributed by atoms with van der Waals surface area (Å²) in [5.74, 6) is 2.29. The number of rotatable bonds is 8. The van der Waals surface area contributed by atoms with Gasteiger partial charge in [0.15, 0.2) is 10.8 Å². The number of aliphatic hydroxyl groups is 1. The van der Waals surface area contributed by atoms with Gasteiger partial charge in [-0.15, -0.1) is 6.42 Å². The number of hydrogen-bond donors (Lipinski definition) is 5. The smallest absolute Gasteiger partial charge is 0.391 e. The minimum atomic E-state index is -5.70. The standard InChI is InChI=1S/C13H15Cl2N4O11P3/c1-2-13(5-28-32(24,25)30-33(26,27)29-31(21,22)23)4-7(3-8(13)20)19-6-16-9-10(14)17-12(15)18-11(9)19/h1,6-8,20H,3-5H2,(H,24,25)(H,26,27)(H2,21,22,23)/t7-,8-,13+/m1/s1. The molecule has 15 nitrogen and oxygen atoms in total. The van der Waals surface area contributed by atoms with Crippen LogP contribution in [0.25, 0.3) is 11.2 Å². The Morgan fingerprint density at radius 2 is 1.85 bits per heavy atom. The minimum absolute atomic E-state index is 0.00170. The Morgan fingerprint density at radius 1 is 1.18 bits per heavy atom. The van der Waals surface area contributed by atoms with Crippen LogP contribution in [-0.2, 0) is 26.8 Å². The molecule has 5 atom stereocenters. The Labute approximate surface area is 195 Å². The molecular weight excluding hydrogens is 552 g/mol. The number of aliphatic hydroxyl groups excluding tert-OH is 1. The van der Waals surface area contributed by atoms with Crippen molar-refractivity contribution in [3.63, 3.8) is 0 Å². The van der Waals surface area contributed by atoms with Gasteiger partial charge in [-0.25, -0.2) is 23.7 Å². The van der Waals surface area contributed by atoms with Crippen molar-refractivity contribution in [1.82, 2.24) is 19.5 Å². The third-order valence-corrected chi connectivity index (χ3v) is 8.88. The second-order valence-electron chi connectivity index (χ2n) is 6.88. The van der Waals surface area contributed by atoms with Gasteiger partial charge in [0, 0.05) is 6.04 Å². The molecule has 182 valence electrons. The predicted octanol–water partition coefficient (Wildman–Crippen LogP) is 1.79. The van der Waals surface area contributed by atoms with Crippen LogP contribution in [-0.4, -0.2) is 56.9 Å². The van der Waals surface area contributed by atoms with Crippen LogP contribution in [0, 0.1) is 17.8 Å². The maximum Gasteiger partial charge on any atom is 0.490 e. The molecule has 0 aliphatic heterocycles. The fraction of sp³-hybridized carbons (Fsp3) is 0.462. The van der Waals surface area contributed by atoms with E-state index in [1.807, 2.05) is 0 Å². The first-order valence-corrected chi connectivity index (χ1v) is 13.8. The van der Waals surface area contributed by atoms with E-state index in [0.717, 1.165) is 0 Å². The fourth-order valence-corrected chi connectivity index (χ4v) is 6.82. The Morgan fingerprint density at radius 3 is 2.45 bits per heavy atom. The van der Waals surface area contributed by atoms with Gasteiger partial charge in [0.25, 0.3) is 0 Å². The summed E-state index contributed by atoms with van der Waals surface area (Å²) in [6.07, 6.45) is 5.62. The summed E-state index contributed by atoms with van der Waals surface area (Å²) in [7, 11) is -16.7. The van der Waals surface area contributed by atoms with Gasteiger partial charge in [-0.2, -0.15) is 13.6 Å². The van der Waals surface area contributed by atoms with Crippen molar-refractivity contribution in [2.45, 2.75) is 25.0 Å². The number of hydrogen-bond acceptors (Lipinski definition) is 10. The molecule has 2 unspecified atom stereocenters. The van der Waals surface area contributed by atoms with E-state index < -0.39 is 47.6 Å². The average molecular weight is 567 g/mol. The van der Waals surface area contributed by atoms with Gasteiger partial charge in [-0.05, 0) is 24.4 Å². The van der Waals surface area contributed by atoms with E-state index in [4.69, 9.17) is 39.4 Å². The summed E-state index contributed by atoms with van der Waals surface area (Å²) in [5.41, 5.74) is -1.09. The van der Waals surface area contributed by atoms with Crippen LogP contribution in [0.2, 0.25) is 10.4 Å². The summed E-state index contributed by atoms with van der Waals surface area (Å²) >= 11 is 11.8. The monoisotopic (exact) mass is 566 g/mol. The molecule has 1 fully saturated rings. The summed E-state index contributed by atoms with van der Waals surface area (Å²) in [5, 5.41) is 10.4. The van der Waals surface area contributed by atoms with E-state index in [1.54, 1.807) is 0 Å². The molecule has 0 spiro atoms. The van der Waals surface area contributed by atoms with E-state index in [2.05, 4.69) is 34.0 Å². The van der Waals surface area contributed by atoms with Crippen molar-refractivity contribution in [2.24, 2.45) is 5.41 Å². The quantitative estimate of drug-likeness (QED) is 0.133. The maximum atomic E-state index is 12.0. The number of terminal acetylenes is 1. The first kappa shape index (κ1) is 26.7. The number of aromatic nitrogens is 4. The predicted molar refractivity (Wildman–Crippen MR) is 111 cm³/mol. The molecule has 0 bridgehead atoms. The van der Waals surface area contributed by atoms with Crippen LogP contribution in [0.3, 0.4) is 0 Å². The van der Waals surface area contributed by atoms with Crippen molar-refractivity contribution in [2.75, 3.05) is 6.61 Å². The molecule has 5 N–H and O–H groups in total. The van der Waals surface area contributed by atoms with Crippen LogP contribution in [0.4, 0.5) is 0 Å². The molecule has 0 radical (unpaired) electrons. The van der Waals surface area contributed by atoms with Gasteiger partial charge >= 0.3 is 23.5 Å². The molecule has 33 heavy (non-hydrogen) atoms. The molecule has 1 aliphatic carbocycles. The molecule has 2 aromatic rings. The number of fused-ring (bicyclic) bond motifs is 1. The average Bonchev–Trinajstić information content (AvgIpc) is 3.18. The SMILES string of the molecule is C#C[C@@]1(COP(=O)(O)OP(=O)(O)OP(=O)(O)O)C[C@H](n2cnc3c(Cl)nc(Cl)nc32)C[C@H]1O. The fourth-order valence-electron chi connectivity index (χ4n) is 3.31. The highest BCUT2D eigenvalue weighted by molar-refractivity contribution is 7.66. The second-order valence-corrected chi connectivity index (χ2v) is 12.0. The van der Waals surface area contributed by atoms with Gasteiger partial charge < -0.3 is 29.2 Å². The Hall–Kier alpha value is -0.940.